The molecule has 0 spiro atoms. The SMILES string of the molecule is OC[C@H]1O[C@H](O)[C@@](O)(C(F)(F)F)[C@@H]1O. The third kappa shape index (κ3) is 1.39. The van der Waals surface area contributed by atoms with E-state index < -0.39 is 36.9 Å². The summed E-state index contributed by atoms with van der Waals surface area (Å²) in [6.45, 7) is -0.934. The first-order valence-electron chi connectivity index (χ1n) is 3.66. The standard InChI is InChI=1S/C6H9F3O5/c7-6(8,9)5(13)3(11)2(1-10)14-4(5)12/h2-4,10-13H,1H2/t2-,3-,4+,5-/m1/s1. The summed E-state index contributed by atoms with van der Waals surface area (Å²) >= 11 is 0. The number of ether oxygens (including phenoxy) is 1. The average Bonchev–Trinajstić information content (AvgIpc) is 2.29. The first-order chi connectivity index (χ1) is 6.25. The van der Waals surface area contributed by atoms with E-state index >= 15 is 0 Å². The van der Waals surface area contributed by atoms with Crippen LogP contribution in [-0.2, 0) is 4.74 Å². The van der Waals surface area contributed by atoms with Crippen molar-refractivity contribution in [3.8, 4) is 0 Å². The Labute approximate surface area is 76.3 Å². The number of rotatable bonds is 1. The van der Waals surface area contributed by atoms with E-state index in [2.05, 4.69) is 4.74 Å². The number of aliphatic hydroxyl groups is 4. The second kappa shape index (κ2) is 3.31. The molecule has 0 saturated carbocycles. The van der Waals surface area contributed by atoms with E-state index in [-0.39, 0.29) is 0 Å². The van der Waals surface area contributed by atoms with Crippen molar-refractivity contribution in [2.24, 2.45) is 0 Å². The quantitative estimate of drug-likeness (QED) is 0.423. The molecule has 0 aliphatic carbocycles. The minimum absolute atomic E-state index is 0.934. The van der Waals surface area contributed by atoms with E-state index in [0.717, 1.165) is 0 Å². The van der Waals surface area contributed by atoms with E-state index in [1.54, 1.807) is 0 Å². The van der Waals surface area contributed by atoms with Crippen LogP contribution in [0.3, 0.4) is 0 Å². The van der Waals surface area contributed by atoms with E-state index in [9.17, 15) is 13.2 Å². The van der Waals surface area contributed by atoms with Crippen molar-refractivity contribution >= 4 is 0 Å². The molecule has 1 saturated heterocycles. The van der Waals surface area contributed by atoms with Gasteiger partial charge in [-0.3, -0.25) is 0 Å². The Morgan fingerprint density at radius 3 is 2.00 bits per heavy atom. The molecular formula is C6H9F3O5. The average molecular weight is 218 g/mol. The van der Waals surface area contributed by atoms with Gasteiger partial charge in [-0.25, -0.2) is 0 Å². The highest BCUT2D eigenvalue weighted by molar-refractivity contribution is 5.04. The maximum absolute atomic E-state index is 12.2. The van der Waals surface area contributed by atoms with Gasteiger partial charge in [0, 0.05) is 0 Å². The van der Waals surface area contributed by atoms with Crippen molar-refractivity contribution in [1.82, 2.24) is 0 Å². The van der Waals surface area contributed by atoms with Crippen LogP contribution in [-0.4, -0.2) is 57.3 Å². The zero-order chi connectivity index (χ0) is 11.1. The third-order valence-corrected chi connectivity index (χ3v) is 2.12. The molecule has 1 heterocycles. The first kappa shape index (κ1) is 11.7. The second-order valence-electron chi connectivity index (χ2n) is 2.98. The summed E-state index contributed by atoms with van der Waals surface area (Å²) in [5, 5.41) is 35.3. The molecule has 1 fully saturated rings. The Bertz CT molecular complexity index is 220. The highest BCUT2D eigenvalue weighted by Gasteiger charge is 2.69. The summed E-state index contributed by atoms with van der Waals surface area (Å²) in [5.41, 5.74) is -3.75. The smallest absolute Gasteiger partial charge is 0.394 e. The fourth-order valence-electron chi connectivity index (χ4n) is 1.22. The van der Waals surface area contributed by atoms with Crippen molar-refractivity contribution < 1.29 is 38.3 Å². The predicted molar refractivity (Wildman–Crippen MR) is 35.0 cm³/mol. The molecule has 4 N–H and O–H groups in total. The first-order valence-corrected chi connectivity index (χ1v) is 3.66. The predicted octanol–water partition coefficient (Wildman–Crippen LogP) is -1.65. The van der Waals surface area contributed by atoms with Gasteiger partial charge in [-0.2, -0.15) is 13.2 Å². The summed E-state index contributed by atoms with van der Waals surface area (Å²) in [6.07, 6.45) is -11.9. The summed E-state index contributed by atoms with van der Waals surface area (Å²) in [4.78, 5) is 0. The van der Waals surface area contributed by atoms with E-state index in [0.29, 0.717) is 0 Å². The van der Waals surface area contributed by atoms with Gasteiger partial charge in [-0.1, -0.05) is 0 Å². The van der Waals surface area contributed by atoms with Crippen LogP contribution in [0.1, 0.15) is 0 Å². The van der Waals surface area contributed by atoms with Crippen LogP contribution in [0.15, 0.2) is 0 Å². The summed E-state index contributed by atoms with van der Waals surface area (Å²) in [5.74, 6) is 0. The Kier molecular flexibility index (Phi) is 2.76. The van der Waals surface area contributed by atoms with Crippen LogP contribution in [0.5, 0.6) is 0 Å². The minimum atomic E-state index is -5.24. The minimum Gasteiger partial charge on any atom is -0.394 e. The molecule has 0 aromatic rings. The lowest BCUT2D eigenvalue weighted by Crippen LogP contribution is -2.59. The summed E-state index contributed by atoms with van der Waals surface area (Å²) in [6, 6.07) is 0. The number of alkyl halides is 3. The fourth-order valence-corrected chi connectivity index (χ4v) is 1.22. The van der Waals surface area contributed by atoms with Gasteiger partial charge in [0.1, 0.15) is 12.2 Å². The lowest BCUT2D eigenvalue weighted by Gasteiger charge is -2.30. The van der Waals surface area contributed by atoms with Crippen molar-refractivity contribution in [2.75, 3.05) is 6.61 Å². The Morgan fingerprint density at radius 2 is 1.79 bits per heavy atom. The zero-order valence-corrected chi connectivity index (χ0v) is 6.77. The number of hydrogen-bond donors (Lipinski definition) is 4. The van der Waals surface area contributed by atoms with Crippen LogP contribution >= 0.6 is 0 Å². The summed E-state index contributed by atoms with van der Waals surface area (Å²) < 4.78 is 40.8. The molecule has 1 aliphatic rings. The van der Waals surface area contributed by atoms with Gasteiger partial charge in [0.05, 0.1) is 6.61 Å². The molecule has 0 aromatic carbocycles. The lowest BCUT2D eigenvalue weighted by molar-refractivity contribution is -0.322. The topological polar surface area (TPSA) is 90.2 Å². The molecule has 4 atom stereocenters. The van der Waals surface area contributed by atoms with Gasteiger partial charge < -0.3 is 25.2 Å². The van der Waals surface area contributed by atoms with E-state index in [4.69, 9.17) is 20.4 Å². The Balaban J connectivity index is 2.99. The molecule has 5 nitrogen and oxygen atoms in total. The van der Waals surface area contributed by atoms with Crippen molar-refractivity contribution in [1.29, 1.82) is 0 Å². The van der Waals surface area contributed by atoms with Crippen LogP contribution < -0.4 is 0 Å². The molecule has 1 rings (SSSR count). The monoisotopic (exact) mass is 218 g/mol. The maximum atomic E-state index is 12.2. The van der Waals surface area contributed by atoms with Gasteiger partial charge in [0.2, 0.25) is 5.60 Å². The number of halogens is 3. The third-order valence-electron chi connectivity index (χ3n) is 2.12. The molecule has 84 valence electrons. The largest absolute Gasteiger partial charge is 0.424 e. The van der Waals surface area contributed by atoms with Crippen LogP contribution in [0.25, 0.3) is 0 Å². The molecule has 0 radical (unpaired) electrons. The molecular weight excluding hydrogens is 209 g/mol. The number of hydrogen-bond acceptors (Lipinski definition) is 5. The highest BCUT2D eigenvalue weighted by atomic mass is 19.4. The fraction of sp³-hybridized carbons (Fsp3) is 1.00. The number of aliphatic hydroxyl groups excluding tert-OH is 3. The van der Waals surface area contributed by atoms with Gasteiger partial charge >= 0.3 is 6.18 Å². The maximum Gasteiger partial charge on any atom is 0.424 e. The molecule has 8 heteroatoms. The van der Waals surface area contributed by atoms with Gasteiger partial charge in [0.15, 0.2) is 6.29 Å². The van der Waals surface area contributed by atoms with Crippen molar-refractivity contribution in [3.63, 3.8) is 0 Å². The summed E-state index contributed by atoms with van der Waals surface area (Å²) in [7, 11) is 0. The van der Waals surface area contributed by atoms with E-state index in [1.807, 2.05) is 0 Å². The Morgan fingerprint density at radius 1 is 1.29 bits per heavy atom. The highest BCUT2D eigenvalue weighted by Crippen LogP contribution is 2.42. The molecule has 0 aromatic heterocycles. The van der Waals surface area contributed by atoms with Gasteiger partial charge in [-0.15, -0.1) is 0 Å². The molecule has 0 bridgehead atoms. The van der Waals surface area contributed by atoms with E-state index in [1.165, 1.54) is 0 Å². The van der Waals surface area contributed by atoms with Gasteiger partial charge in [-0.05, 0) is 0 Å². The molecule has 1 aliphatic heterocycles. The second-order valence-corrected chi connectivity index (χ2v) is 2.98. The molecule has 14 heavy (non-hydrogen) atoms. The Hall–Kier alpha value is -0.410. The molecule has 0 amide bonds. The van der Waals surface area contributed by atoms with Crippen molar-refractivity contribution in [3.05, 3.63) is 0 Å². The zero-order valence-electron chi connectivity index (χ0n) is 6.77. The lowest BCUT2D eigenvalue weighted by atomic mass is 9.95. The van der Waals surface area contributed by atoms with Crippen molar-refractivity contribution in [2.45, 2.75) is 30.3 Å². The molecule has 0 unspecified atom stereocenters. The van der Waals surface area contributed by atoms with Crippen LogP contribution in [0.4, 0.5) is 13.2 Å². The van der Waals surface area contributed by atoms with Gasteiger partial charge in [0.25, 0.3) is 0 Å². The van der Waals surface area contributed by atoms with Crippen LogP contribution in [0, 0.1) is 0 Å². The van der Waals surface area contributed by atoms with Crippen LogP contribution in [0.2, 0.25) is 0 Å². The normalized spacial score (nSPS) is 44.4.